The number of benzene rings is 1. The topological polar surface area (TPSA) is 50.2 Å². The summed E-state index contributed by atoms with van der Waals surface area (Å²) >= 11 is 1.02. The van der Waals surface area contributed by atoms with Crippen LogP contribution in [0.15, 0.2) is 23.1 Å². The molecular formula is C12H9F2NO2S. The lowest BCUT2D eigenvalue weighted by molar-refractivity contribution is -0.133. The van der Waals surface area contributed by atoms with Crippen molar-refractivity contribution in [2.24, 2.45) is 0 Å². The molecule has 1 N–H and O–H groups in total. The van der Waals surface area contributed by atoms with Crippen LogP contribution < -0.4 is 0 Å². The molecule has 94 valence electrons. The number of carboxylic acids is 1. The summed E-state index contributed by atoms with van der Waals surface area (Å²) in [7, 11) is 0. The summed E-state index contributed by atoms with van der Waals surface area (Å²) in [4.78, 5) is 15.1. The number of nitrogens with zero attached hydrogens (tertiary/aromatic N) is 1. The van der Waals surface area contributed by atoms with Crippen molar-refractivity contribution in [3.63, 3.8) is 0 Å². The van der Waals surface area contributed by atoms with E-state index in [2.05, 4.69) is 4.98 Å². The number of hydrogen-bond donors (Lipinski definition) is 1. The first-order valence-corrected chi connectivity index (χ1v) is 6.07. The van der Waals surface area contributed by atoms with Gasteiger partial charge in [0.15, 0.2) is 5.82 Å². The van der Waals surface area contributed by atoms with Crippen LogP contribution in [0, 0.1) is 18.6 Å². The molecule has 0 fully saturated rings. The normalized spacial score (nSPS) is 10.8. The molecule has 0 saturated heterocycles. The molecule has 0 amide bonds. The fourth-order valence-electron chi connectivity index (χ4n) is 1.60. The van der Waals surface area contributed by atoms with Gasteiger partial charge in [0, 0.05) is 22.0 Å². The molecule has 3 nitrogen and oxygen atoms in total. The van der Waals surface area contributed by atoms with Gasteiger partial charge >= 0.3 is 5.97 Å². The third-order valence-corrected chi connectivity index (χ3v) is 3.31. The first-order chi connectivity index (χ1) is 8.47. The number of carbonyl (C=O) groups is 1. The van der Waals surface area contributed by atoms with Crippen molar-refractivity contribution < 1.29 is 18.7 Å². The quantitative estimate of drug-likeness (QED) is 0.870. The van der Waals surface area contributed by atoms with Crippen LogP contribution in [0.3, 0.4) is 0 Å². The molecule has 1 heterocycles. The highest BCUT2D eigenvalue weighted by atomic mass is 32.2. The zero-order valence-electron chi connectivity index (χ0n) is 9.41. The Balaban J connectivity index is 2.60. The molecule has 6 heteroatoms. The van der Waals surface area contributed by atoms with Crippen LogP contribution in [0.5, 0.6) is 0 Å². The van der Waals surface area contributed by atoms with Crippen LogP contribution >= 0.6 is 11.8 Å². The molecule has 0 atom stereocenters. The van der Waals surface area contributed by atoms with Crippen molar-refractivity contribution >= 4 is 28.6 Å². The molecule has 0 aliphatic carbocycles. The maximum Gasteiger partial charge on any atom is 0.313 e. The van der Waals surface area contributed by atoms with E-state index in [1.807, 2.05) is 0 Å². The Kier molecular flexibility index (Phi) is 3.47. The van der Waals surface area contributed by atoms with Gasteiger partial charge in [-0.05, 0) is 19.1 Å². The molecule has 0 aliphatic heterocycles. The molecule has 0 bridgehead atoms. The largest absolute Gasteiger partial charge is 0.481 e. The van der Waals surface area contributed by atoms with Gasteiger partial charge in [0.2, 0.25) is 0 Å². The lowest BCUT2D eigenvalue weighted by Crippen LogP contribution is -1.99. The van der Waals surface area contributed by atoms with Crippen LogP contribution in [-0.2, 0) is 4.79 Å². The fraction of sp³-hybridized carbons (Fsp3) is 0.167. The highest BCUT2D eigenvalue weighted by molar-refractivity contribution is 8.00. The van der Waals surface area contributed by atoms with Crippen molar-refractivity contribution in [1.82, 2.24) is 4.98 Å². The number of aliphatic carboxylic acids is 1. The summed E-state index contributed by atoms with van der Waals surface area (Å²) in [5.74, 6) is -2.61. The number of aromatic nitrogens is 1. The third-order valence-electron chi connectivity index (χ3n) is 2.27. The van der Waals surface area contributed by atoms with Crippen LogP contribution in [0.4, 0.5) is 8.78 Å². The number of aryl methyl sites for hydroxylation is 1. The van der Waals surface area contributed by atoms with E-state index in [9.17, 15) is 13.6 Å². The SMILES string of the molecule is Cc1cc(SCC(=O)O)c2cc(F)cc(F)c2n1. The highest BCUT2D eigenvalue weighted by Crippen LogP contribution is 2.29. The van der Waals surface area contributed by atoms with Crippen LogP contribution in [0.1, 0.15) is 5.69 Å². The van der Waals surface area contributed by atoms with E-state index >= 15 is 0 Å². The first kappa shape index (κ1) is 12.8. The molecule has 1 aromatic carbocycles. The zero-order valence-corrected chi connectivity index (χ0v) is 10.2. The van der Waals surface area contributed by atoms with Crippen molar-refractivity contribution in [1.29, 1.82) is 0 Å². The van der Waals surface area contributed by atoms with Gasteiger partial charge in [0.25, 0.3) is 0 Å². The minimum atomic E-state index is -0.987. The minimum Gasteiger partial charge on any atom is -0.481 e. The van der Waals surface area contributed by atoms with Gasteiger partial charge in [0.1, 0.15) is 11.3 Å². The minimum absolute atomic E-state index is 0.0595. The Hall–Kier alpha value is -1.69. The predicted octanol–water partition coefficient (Wildman–Crippen LogP) is 3.00. The third kappa shape index (κ3) is 2.59. The number of rotatable bonds is 3. The second-order valence-corrected chi connectivity index (χ2v) is 4.75. The first-order valence-electron chi connectivity index (χ1n) is 5.08. The van der Waals surface area contributed by atoms with Crippen LogP contribution in [-0.4, -0.2) is 21.8 Å². The number of pyridine rings is 1. The lowest BCUT2D eigenvalue weighted by atomic mass is 10.2. The predicted molar refractivity (Wildman–Crippen MR) is 64.8 cm³/mol. The van der Waals surface area contributed by atoms with E-state index in [0.717, 1.165) is 23.9 Å². The van der Waals surface area contributed by atoms with Gasteiger partial charge in [0.05, 0.1) is 5.75 Å². The maximum atomic E-state index is 13.6. The van der Waals surface area contributed by atoms with Crippen LogP contribution in [0.25, 0.3) is 10.9 Å². The van der Waals surface area contributed by atoms with Crippen molar-refractivity contribution in [2.75, 3.05) is 5.75 Å². The molecule has 0 aliphatic rings. The summed E-state index contributed by atoms with van der Waals surface area (Å²) in [5, 5.41) is 8.94. The Morgan fingerprint density at radius 1 is 1.39 bits per heavy atom. The molecular weight excluding hydrogens is 260 g/mol. The van der Waals surface area contributed by atoms with E-state index in [-0.39, 0.29) is 11.3 Å². The Labute approximate surface area is 106 Å². The van der Waals surface area contributed by atoms with Crippen molar-refractivity contribution in [3.05, 3.63) is 35.5 Å². The van der Waals surface area contributed by atoms with Crippen molar-refractivity contribution in [3.8, 4) is 0 Å². The Morgan fingerprint density at radius 2 is 2.11 bits per heavy atom. The van der Waals surface area contributed by atoms with Gasteiger partial charge in [-0.15, -0.1) is 11.8 Å². The van der Waals surface area contributed by atoms with Gasteiger partial charge < -0.3 is 5.11 Å². The van der Waals surface area contributed by atoms with Crippen LogP contribution in [0.2, 0.25) is 0 Å². The summed E-state index contributed by atoms with van der Waals surface area (Å²) in [6.07, 6.45) is 0. The summed E-state index contributed by atoms with van der Waals surface area (Å²) < 4.78 is 26.8. The Bertz CT molecular complexity index is 631. The molecule has 1 aromatic heterocycles. The molecule has 2 aromatic rings. The van der Waals surface area contributed by atoms with Gasteiger partial charge in [-0.25, -0.2) is 13.8 Å². The molecule has 0 saturated carbocycles. The second kappa shape index (κ2) is 4.89. The zero-order chi connectivity index (χ0) is 13.3. The molecule has 0 radical (unpaired) electrons. The number of fused-ring (bicyclic) bond motifs is 1. The molecule has 0 spiro atoms. The van der Waals surface area contributed by atoms with Gasteiger partial charge in [-0.3, -0.25) is 4.79 Å². The summed E-state index contributed by atoms with van der Waals surface area (Å²) in [6.45, 7) is 1.67. The standard InChI is InChI=1S/C12H9F2NO2S/c1-6-2-10(18-5-11(16)17)8-3-7(13)4-9(14)12(8)15-6/h2-4H,5H2,1H3,(H,16,17). The van der Waals surface area contributed by atoms with E-state index in [0.29, 0.717) is 16.0 Å². The number of carboxylic acid groups (broad SMARTS) is 1. The van der Waals surface area contributed by atoms with E-state index < -0.39 is 17.6 Å². The second-order valence-electron chi connectivity index (χ2n) is 3.73. The molecule has 18 heavy (non-hydrogen) atoms. The van der Waals surface area contributed by atoms with Gasteiger partial charge in [-0.1, -0.05) is 0 Å². The molecule has 0 unspecified atom stereocenters. The number of thioether (sulfide) groups is 1. The van der Waals surface area contributed by atoms with E-state index in [1.165, 1.54) is 0 Å². The summed E-state index contributed by atoms with van der Waals surface area (Å²) in [6, 6.07) is 3.55. The summed E-state index contributed by atoms with van der Waals surface area (Å²) in [5.41, 5.74) is 0.616. The Morgan fingerprint density at radius 3 is 2.78 bits per heavy atom. The van der Waals surface area contributed by atoms with E-state index in [1.54, 1.807) is 13.0 Å². The monoisotopic (exact) mass is 269 g/mol. The average Bonchev–Trinajstić information content (AvgIpc) is 2.27. The van der Waals surface area contributed by atoms with E-state index in [4.69, 9.17) is 5.11 Å². The highest BCUT2D eigenvalue weighted by Gasteiger charge is 2.12. The number of halogens is 2. The maximum absolute atomic E-state index is 13.6. The average molecular weight is 269 g/mol. The van der Waals surface area contributed by atoms with Crippen molar-refractivity contribution in [2.45, 2.75) is 11.8 Å². The number of hydrogen-bond acceptors (Lipinski definition) is 3. The van der Waals surface area contributed by atoms with Gasteiger partial charge in [-0.2, -0.15) is 0 Å². The lowest BCUT2D eigenvalue weighted by Gasteiger charge is -2.07. The fourth-order valence-corrected chi connectivity index (χ4v) is 2.45. The molecule has 2 rings (SSSR count). The smallest absolute Gasteiger partial charge is 0.313 e.